The fourth-order valence-corrected chi connectivity index (χ4v) is 1.06. The summed E-state index contributed by atoms with van der Waals surface area (Å²) < 4.78 is 19.5. The molecular formula is C3H11NO3P2. The van der Waals surface area contributed by atoms with Crippen LogP contribution < -0.4 is 5.90 Å². The van der Waals surface area contributed by atoms with Gasteiger partial charge in [0.15, 0.2) is 0 Å². The summed E-state index contributed by atoms with van der Waals surface area (Å²) in [6.07, 6.45) is 0.793. The number of rotatable bonds is 4. The van der Waals surface area contributed by atoms with Crippen molar-refractivity contribution >= 4 is 16.2 Å². The number of nitrogens with two attached hydrogens (primary N) is 1. The molecule has 0 aromatic heterocycles. The van der Waals surface area contributed by atoms with Crippen molar-refractivity contribution in [3.05, 3.63) is 0 Å². The minimum absolute atomic E-state index is 0.401. The van der Waals surface area contributed by atoms with E-state index < -0.39 is 7.28 Å². The van der Waals surface area contributed by atoms with E-state index in [-0.39, 0.29) is 0 Å². The Labute approximate surface area is 56.7 Å². The second kappa shape index (κ2) is 4.37. The highest BCUT2D eigenvalue weighted by Crippen LogP contribution is 2.54. The minimum atomic E-state index is -3.00. The molecule has 0 saturated heterocycles. The van der Waals surface area contributed by atoms with Crippen molar-refractivity contribution in [2.24, 2.45) is 5.90 Å². The predicted octanol–water partition coefficient (Wildman–Crippen LogP) is 1.29. The van der Waals surface area contributed by atoms with Gasteiger partial charge in [-0.3, -0.25) is 4.57 Å². The third-order valence-corrected chi connectivity index (χ3v) is 2.27. The Hall–Kier alpha value is 0.540. The molecule has 4 nitrogen and oxygen atoms in total. The van der Waals surface area contributed by atoms with Gasteiger partial charge in [0.25, 0.3) is 0 Å². The minimum Gasteiger partial charge on any atom is -0.305 e. The lowest BCUT2D eigenvalue weighted by Gasteiger charge is -2.07. The predicted molar refractivity (Wildman–Crippen MR) is 38.8 cm³/mol. The highest BCUT2D eigenvalue weighted by atomic mass is 32.1. The molecule has 0 amide bonds. The highest BCUT2D eigenvalue weighted by molar-refractivity contribution is 8.12. The Bertz CT molecular complexity index is 118. The van der Waals surface area contributed by atoms with Crippen LogP contribution in [0.5, 0.6) is 0 Å². The Balaban J connectivity index is 3.46. The Morgan fingerprint density at radius 3 is 2.67 bits per heavy atom. The molecule has 0 rings (SSSR count). The maximum atomic E-state index is 10.7. The van der Waals surface area contributed by atoms with Gasteiger partial charge in [-0.25, -0.2) is 10.5 Å². The quantitative estimate of drug-likeness (QED) is 0.511. The van der Waals surface area contributed by atoms with Crippen molar-refractivity contribution in [1.82, 2.24) is 0 Å². The van der Waals surface area contributed by atoms with E-state index in [1.165, 1.54) is 0 Å². The molecule has 0 aliphatic carbocycles. The first kappa shape index (κ1) is 9.54. The zero-order valence-corrected chi connectivity index (χ0v) is 7.29. The van der Waals surface area contributed by atoms with Gasteiger partial charge < -0.3 is 4.52 Å². The van der Waals surface area contributed by atoms with E-state index in [2.05, 4.69) is 10.5 Å². The molecule has 0 aliphatic heterocycles. The normalized spacial score (nSPS) is 17.2. The van der Waals surface area contributed by atoms with E-state index in [9.17, 15) is 4.57 Å². The average molecular weight is 171 g/mol. The Morgan fingerprint density at radius 1 is 1.78 bits per heavy atom. The van der Waals surface area contributed by atoms with E-state index in [1.54, 1.807) is 0 Å². The molecule has 0 fully saturated rings. The van der Waals surface area contributed by atoms with Gasteiger partial charge in [-0.05, 0) is 15.3 Å². The van der Waals surface area contributed by atoms with Crippen LogP contribution in [-0.4, -0.2) is 6.61 Å². The lowest BCUT2D eigenvalue weighted by atomic mass is 10.5. The Morgan fingerprint density at radius 2 is 2.33 bits per heavy atom. The molecule has 2 N–H and O–H groups in total. The maximum absolute atomic E-state index is 10.7. The second-order valence-electron chi connectivity index (χ2n) is 1.48. The SMILES string of the molecule is CCCOP(=O)(P)ON. The summed E-state index contributed by atoms with van der Waals surface area (Å²) in [6, 6.07) is 0. The van der Waals surface area contributed by atoms with E-state index in [4.69, 9.17) is 4.52 Å². The zero-order valence-electron chi connectivity index (χ0n) is 5.24. The van der Waals surface area contributed by atoms with Gasteiger partial charge >= 0.3 is 7.28 Å². The van der Waals surface area contributed by atoms with Crippen molar-refractivity contribution in [1.29, 1.82) is 0 Å². The van der Waals surface area contributed by atoms with Crippen LogP contribution >= 0.6 is 16.2 Å². The van der Waals surface area contributed by atoms with Crippen molar-refractivity contribution in [3.8, 4) is 0 Å². The van der Waals surface area contributed by atoms with Gasteiger partial charge in [-0.15, -0.1) is 0 Å². The molecule has 0 radical (unpaired) electrons. The van der Waals surface area contributed by atoms with Gasteiger partial charge in [0.1, 0.15) is 0 Å². The van der Waals surface area contributed by atoms with Crippen LogP contribution in [-0.2, 0) is 13.7 Å². The Kier molecular flexibility index (Phi) is 4.63. The van der Waals surface area contributed by atoms with Crippen LogP contribution in [0.3, 0.4) is 0 Å². The first-order chi connectivity index (χ1) is 4.12. The van der Waals surface area contributed by atoms with Crippen LogP contribution in [0.15, 0.2) is 0 Å². The van der Waals surface area contributed by atoms with Crippen LogP contribution in [0.2, 0.25) is 0 Å². The largest absolute Gasteiger partial charge is 0.359 e. The third kappa shape index (κ3) is 5.01. The number of hydrogen-bond acceptors (Lipinski definition) is 4. The summed E-state index contributed by atoms with van der Waals surface area (Å²) in [5.41, 5.74) is 0. The van der Waals surface area contributed by atoms with Crippen molar-refractivity contribution in [2.45, 2.75) is 13.3 Å². The summed E-state index contributed by atoms with van der Waals surface area (Å²) in [5.74, 6) is 4.64. The fraction of sp³-hybridized carbons (Fsp3) is 1.00. The van der Waals surface area contributed by atoms with Crippen LogP contribution in [0, 0.1) is 0 Å². The van der Waals surface area contributed by atoms with E-state index >= 15 is 0 Å². The number of hydrogen-bond donors (Lipinski definition) is 1. The molecule has 9 heavy (non-hydrogen) atoms. The molecule has 0 saturated carbocycles. The molecule has 2 atom stereocenters. The van der Waals surface area contributed by atoms with Crippen LogP contribution in [0.1, 0.15) is 13.3 Å². The zero-order chi connectivity index (χ0) is 7.33. The van der Waals surface area contributed by atoms with Gasteiger partial charge in [-0.1, -0.05) is 6.92 Å². The molecule has 0 aliphatic rings. The standard InChI is InChI=1S/C3H11NO3P2/c1-2-3-6-9(5,8)7-4/h2-4,8H2,1H3. The van der Waals surface area contributed by atoms with Gasteiger partial charge in [-0.2, -0.15) is 0 Å². The van der Waals surface area contributed by atoms with Gasteiger partial charge in [0, 0.05) is 0 Å². The molecule has 0 aromatic carbocycles. The van der Waals surface area contributed by atoms with Crippen molar-refractivity contribution in [3.63, 3.8) is 0 Å². The lowest BCUT2D eigenvalue weighted by molar-refractivity contribution is 0.224. The summed E-state index contributed by atoms with van der Waals surface area (Å²) in [7, 11) is -1.07. The smallest absolute Gasteiger partial charge is 0.305 e. The molecule has 6 heteroatoms. The summed E-state index contributed by atoms with van der Waals surface area (Å²) in [6.45, 7) is 2.30. The van der Waals surface area contributed by atoms with E-state index in [0.717, 1.165) is 6.42 Å². The fourth-order valence-electron chi connectivity index (χ4n) is 0.249. The van der Waals surface area contributed by atoms with Gasteiger partial charge in [0.05, 0.1) is 6.61 Å². The third-order valence-electron chi connectivity index (χ3n) is 0.622. The maximum Gasteiger partial charge on any atom is 0.359 e. The van der Waals surface area contributed by atoms with Crippen LogP contribution in [0.25, 0.3) is 0 Å². The van der Waals surface area contributed by atoms with Gasteiger partial charge in [0.2, 0.25) is 0 Å². The summed E-state index contributed by atoms with van der Waals surface area (Å²) in [4.78, 5) is 0. The topological polar surface area (TPSA) is 61.5 Å². The first-order valence-electron chi connectivity index (χ1n) is 2.54. The van der Waals surface area contributed by atoms with Crippen LogP contribution in [0.4, 0.5) is 0 Å². The summed E-state index contributed by atoms with van der Waals surface area (Å²) >= 11 is 0. The molecule has 0 bridgehead atoms. The van der Waals surface area contributed by atoms with E-state index in [0.29, 0.717) is 6.61 Å². The average Bonchev–Trinajstić information content (AvgIpc) is 1.84. The monoisotopic (exact) mass is 171 g/mol. The molecular weight excluding hydrogens is 160 g/mol. The molecule has 0 aromatic rings. The second-order valence-corrected chi connectivity index (χ2v) is 4.92. The van der Waals surface area contributed by atoms with Crippen molar-refractivity contribution in [2.75, 3.05) is 6.61 Å². The lowest BCUT2D eigenvalue weighted by Crippen LogP contribution is -1.96. The molecule has 0 spiro atoms. The van der Waals surface area contributed by atoms with Crippen molar-refractivity contribution < 1.29 is 13.7 Å². The molecule has 0 heterocycles. The molecule has 2 unspecified atom stereocenters. The first-order valence-corrected chi connectivity index (χ1v) is 5.70. The summed E-state index contributed by atoms with van der Waals surface area (Å²) in [5, 5.41) is 0. The molecule has 56 valence electrons. The van der Waals surface area contributed by atoms with E-state index in [1.807, 2.05) is 15.9 Å². The highest BCUT2D eigenvalue weighted by Gasteiger charge is 2.13.